The maximum Gasteiger partial charge on any atom is 0.245 e. The van der Waals surface area contributed by atoms with E-state index in [-0.39, 0.29) is 4.90 Å². The van der Waals surface area contributed by atoms with E-state index < -0.39 is 10.0 Å². The molecule has 0 bridgehead atoms. The van der Waals surface area contributed by atoms with Gasteiger partial charge in [0.25, 0.3) is 0 Å². The Bertz CT molecular complexity index is 405. The molecule has 1 rings (SSSR count). The lowest BCUT2D eigenvalue weighted by Gasteiger charge is -2.09. The number of hydrogen-bond acceptors (Lipinski definition) is 3. The van der Waals surface area contributed by atoms with Crippen molar-refractivity contribution in [2.75, 3.05) is 14.1 Å². The van der Waals surface area contributed by atoms with Crippen molar-refractivity contribution >= 4 is 10.0 Å². The Labute approximate surface area is 78.0 Å². The highest BCUT2D eigenvalue weighted by Crippen LogP contribution is 2.15. The molecule has 6 heteroatoms. The van der Waals surface area contributed by atoms with Gasteiger partial charge in [-0.2, -0.15) is 5.10 Å². The van der Waals surface area contributed by atoms with E-state index >= 15 is 0 Å². The molecule has 0 radical (unpaired) electrons. The molecule has 0 unspecified atom stereocenters. The van der Waals surface area contributed by atoms with Crippen LogP contribution in [-0.4, -0.2) is 36.6 Å². The SMILES string of the molecule is Cc1c(S(=O)(=O)N(C)C)cnn1C. The van der Waals surface area contributed by atoms with Crippen LogP contribution in [0.5, 0.6) is 0 Å². The average molecular weight is 203 g/mol. The van der Waals surface area contributed by atoms with E-state index in [1.807, 2.05) is 0 Å². The fourth-order valence-electron chi connectivity index (χ4n) is 0.928. The van der Waals surface area contributed by atoms with Crippen LogP contribution in [0.15, 0.2) is 11.1 Å². The molecule has 0 saturated heterocycles. The molecule has 0 aliphatic carbocycles. The van der Waals surface area contributed by atoms with E-state index in [9.17, 15) is 8.42 Å². The van der Waals surface area contributed by atoms with Crippen LogP contribution >= 0.6 is 0 Å². The fraction of sp³-hybridized carbons (Fsp3) is 0.571. The summed E-state index contributed by atoms with van der Waals surface area (Å²) in [6.45, 7) is 1.73. The van der Waals surface area contributed by atoms with Crippen molar-refractivity contribution in [2.45, 2.75) is 11.8 Å². The number of aromatic nitrogens is 2. The summed E-state index contributed by atoms with van der Waals surface area (Å²) in [5, 5.41) is 3.88. The average Bonchev–Trinajstić information content (AvgIpc) is 2.33. The van der Waals surface area contributed by atoms with Gasteiger partial charge in [0.1, 0.15) is 4.90 Å². The summed E-state index contributed by atoms with van der Waals surface area (Å²) in [5.74, 6) is 0. The summed E-state index contributed by atoms with van der Waals surface area (Å²) < 4.78 is 26.0. The lowest BCUT2D eigenvalue weighted by molar-refractivity contribution is 0.520. The fourth-order valence-corrected chi connectivity index (χ4v) is 2.01. The van der Waals surface area contributed by atoms with Crippen molar-refractivity contribution in [3.8, 4) is 0 Å². The molecule has 0 aromatic carbocycles. The molecule has 0 N–H and O–H groups in total. The predicted octanol–water partition coefficient (Wildman–Crippen LogP) is -0.0212. The van der Waals surface area contributed by atoms with Crippen LogP contribution in [0.4, 0.5) is 0 Å². The standard InChI is InChI=1S/C7H13N3O2S/c1-6-7(5-8-10(6)4)13(11,12)9(2)3/h5H,1-4H3. The summed E-state index contributed by atoms with van der Waals surface area (Å²) in [6.07, 6.45) is 1.37. The largest absolute Gasteiger partial charge is 0.272 e. The van der Waals surface area contributed by atoms with Crippen LogP contribution in [0.3, 0.4) is 0 Å². The molecule has 13 heavy (non-hydrogen) atoms. The number of hydrogen-bond donors (Lipinski definition) is 0. The Hall–Kier alpha value is -0.880. The van der Waals surface area contributed by atoms with Crippen molar-refractivity contribution in [2.24, 2.45) is 7.05 Å². The normalized spacial score (nSPS) is 12.4. The van der Waals surface area contributed by atoms with Crippen molar-refractivity contribution in [3.63, 3.8) is 0 Å². The van der Waals surface area contributed by atoms with Crippen molar-refractivity contribution in [1.82, 2.24) is 14.1 Å². The number of sulfonamides is 1. The molecule has 1 aromatic heterocycles. The zero-order valence-corrected chi connectivity index (χ0v) is 8.96. The van der Waals surface area contributed by atoms with Gasteiger partial charge in [0, 0.05) is 21.1 Å². The zero-order valence-electron chi connectivity index (χ0n) is 8.14. The van der Waals surface area contributed by atoms with E-state index in [1.54, 1.807) is 14.0 Å². The smallest absolute Gasteiger partial charge is 0.245 e. The van der Waals surface area contributed by atoms with Crippen LogP contribution in [0, 0.1) is 6.92 Å². The zero-order chi connectivity index (χ0) is 10.2. The van der Waals surface area contributed by atoms with E-state index in [2.05, 4.69) is 5.10 Å². The summed E-state index contributed by atoms with van der Waals surface area (Å²) >= 11 is 0. The first-order valence-electron chi connectivity index (χ1n) is 3.78. The second kappa shape index (κ2) is 3.12. The monoisotopic (exact) mass is 203 g/mol. The van der Waals surface area contributed by atoms with E-state index in [0.717, 1.165) is 0 Å². The highest BCUT2D eigenvalue weighted by atomic mass is 32.2. The summed E-state index contributed by atoms with van der Waals surface area (Å²) in [6, 6.07) is 0. The van der Waals surface area contributed by atoms with Crippen LogP contribution in [0.2, 0.25) is 0 Å². The van der Waals surface area contributed by atoms with E-state index in [4.69, 9.17) is 0 Å². The second-order valence-electron chi connectivity index (χ2n) is 3.01. The molecule has 0 saturated carbocycles. The summed E-state index contributed by atoms with van der Waals surface area (Å²) in [4.78, 5) is 0.264. The highest BCUT2D eigenvalue weighted by molar-refractivity contribution is 7.89. The van der Waals surface area contributed by atoms with Gasteiger partial charge in [0.15, 0.2) is 0 Å². The molecule has 0 spiro atoms. The maximum atomic E-state index is 11.6. The van der Waals surface area contributed by atoms with Gasteiger partial charge in [0.05, 0.1) is 11.9 Å². The molecule has 0 aliphatic rings. The Morgan fingerprint density at radius 3 is 2.31 bits per heavy atom. The van der Waals surface area contributed by atoms with Gasteiger partial charge in [-0.15, -0.1) is 0 Å². The quantitative estimate of drug-likeness (QED) is 0.678. The van der Waals surface area contributed by atoms with Crippen LogP contribution in [-0.2, 0) is 17.1 Å². The van der Waals surface area contributed by atoms with Gasteiger partial charge in [-0.1, -0.05) is 0 Å². The molecular formula is C7H13N3O2S. The van der Waals surface area contributed by atoms with Gasteiger partial charge in [-0.25, -0.2) is 12.7 Å². The van der Waals surface area contributed by atoms with Crippen molar-refractivity contribution < 1.29 is 8.42 Å². The molecular weight excluding hydrogens is 190 g/mol. The van der Waals surface area contributed by atoms with Crippen LogP contribution in [0.25, 0.3) is 0 Å². The lowest BCUT2D eigenvalue weighted by Crippen LogP contribution is -2.22. The molecule has 0 aliphatic heterocycles. The molecule has 74 valence electrons. The maximum absolute atomic E-state index is 11.6. The minimum absolute atomic E-state index is 0.264. The topological polar surface area (TPSA) is 55.2 Å². The van der Waals surface area contributed by atoms with Gasteiger partial charge in [-0.05, 0) is 6.92 Å². The Balaban J connectivity index is 3.32. The first kappa shape index (κ1) is 10.2. The third-order valence-electron chi connectivity index (χ3n) is 1.95. The van der Waals surface area contributed by atoms with Gasteiger partial charge in [0.2, 0.25) is 10.0 Å². The second-order valence-corrected chi connectivity index (χ2v) is 5.13. The lowest BCUT2D eigenvalue weighted by atomic mass is 10.5. The number of rotatable bonds is 2. The molecule has 0 atom stereocenters. The molecule has 1 aromatic rings. The van der Waals surface area contributed by atoms with Gasteiger partial charge < -0.3 is 0 Å². The molecule has 1 heterocycles. The third kappa shape index (κ3) is 1.59. The minimum atomic E-state index is -3.34. The summed E-state index contributed by atoms with van der Waals surface area (Å²) in [7, 11) is 1.38. The van der Waals surface area contributed by atoms with E-state index in [0.29, 0.717) is 5.69 Å². The Morgan fingerprint density at radius 2 is 2.00 bits per heavy atom. The third-order valence-corrected chi connectivity index (χ3v) is 3.87. The van der Waals surface area contributed by atoms with Crippen LogP contribution in [0.1, 0.15) is 5.69 Å². The van der Waals surface area contributed by atoms with Crippen molar-refractivity contribution in [1.29, 1.82) is 0 Å². The highest BCUT2D eigenvalue weighted by Gasteiger charge is 2.21. The van der Waals surface area contributed by atoms with Crippen LogP contribution < -0.4 is 0 Å². The number of nitrogens with zero attached hydrogens (tertiary/aromatic N) is 3. The minimum Gasteiger partial charge on any atom is -0.272 e. The first-order chi connectivity index (χ1) is 5.87. The molecule has 0 fully saturated rings. The van der Waals surface area contributed by atoms with Gasteiger partial charge in [-0.3, -0.25) is 4.68 Å². The number of aryl methyl sites for hydroxylation is 1. The predicted molar refractivity (Wildman–Crippen MR) is 48.8 cm³/mol. The molecule has 5 nitrogen and oxygen atoms in total. The Morgan fingerprint density at radius 1 is 1.46 bits per heavy atom. The summed E-state index contributed by atoms with van der Waals surface area (Å²) in [5.41, 5.74) is 0.647. The van der Waals surface area contributed by atoms with E-state index in [1.165, 1.54) is 29.3 Å². The molecule has 0 amide bonds. The Kier molecular flexibility index (Phi) is 2.44. The first-order valence-corrected chi connectivity index (χ1v) is 5.22. The van der Waals surface area contributed by atoms with Crippen molar-refractivity contribution in [3.05, 3.63) is 11.9 Å². The van der Waals surface area contributed by atoms with Gasteiger partial charge >= 0.3 is 0 Å².